The van der Waals surface area contributed by atoms with Crippen LogP contribution in [0, 0.1) is 0 Å². The number of ether oxygens (including phenoxy) is 2. The lowest BCUT2D eigenvalue weighted by Gasteiger charge is -2.19. The first-order valence-electron chi connectivity index (χ1n) is 7.64. The molecule has 0 spiro atoms. The number of amides is 2. The van der Waals surface area contributed by atoms with Crippen molar-refractivity contribution in [2.45, 2.75) is 12.5 Å². The number of benzene rings is 2. The Hall–Kier alpha value is -2.73. The lowest BCUT2D eigenvalue weighted by Crippen LogP contribution is -2.35. The van der Waals surface area contributed by atoms with Crippen LogP contribution in [0.5, 0.6) is 11.5 Å². The van der Waals surface area contributed by atoms with Gasteiger partial charge in [0.2, 0.25) is 5.91 Å². The highest BCUT2D eigenvalue weighted by Crippen LogP contribution is 2.35. The summed E-state index contributed by atoms with van der Waals surface area (Å²) in [7, 11) is 3.01. The summed E-state index contributed by atoms with van der Waals surface area (Å²) in [6.45, 7) is 0. The Morgan fingerprint density at radius 1 is 1.08 bits per heavy atom. The lowest BCUT2D eigenvalue weighted by molar-refractivity contribution is -0.121. The second kappa shape index (κ2) is 7.03. The summed E-state index contributed by atoms with van der Waals surface area (Å²) in [5.74, 6) is 0.354. The number of rotatable bonds is 5. The van der Waals surface area contributed by atoms with Crippen LogP contribution in [0.25, 0.3) is 0 Å². The number of anilines is 2. The molecule has 1 N–H and O–H groups in total. The Balaban J connectivity index is 1.85. The number of carbonyl (C=O) groups is 2. The summed E-state index contributed by atoms with van der Waals surface area (Å²) in [5.41, 5.74) is 1.12. The van der Waals surface area contributed by atoms with Crippen LogP contribution in [0.4, 0.5) is 11.4 Å². The highest BCUT2D eigenvalue weighted by molar-refractivity contribution is 6.30. The third-order valence-electron chi connectivity index (χ3n) is 3.96. The molecule has 1 heterocycles. The predicted octanol–water partition coefficient (Wildman–Crippen LogP) is 3.10. The van der Waals surface area contributed by atoms with Gasteiger partial charge < -0.3 is 14.8 Å². The quantitative estimate of drug-likeness (QED) is 0.830. The Morgan fingerprint density at radius 2 is 1.80 bits per heavy atom. The number of methoxy groups -OCH3 is 2. The van der Waals surface area contributed by atoms with Crippen LogP contribution in [0.15, 0.2) is 42.5 Å². The molecule has 0 aliphatic carbocycles. The van der Waals surface area contributed by atoms with Crippen molar-refractivity contribution in [3.63, 3.8) is 0 Å². The number of imide groups is 1. The zero-order valence-corrected chi connectivity index (χ0v) is 14.5. The molecule has 0 saturated carbocycles. The van der Waals surface area contributed by atoms with E-state index in [1.807, 2.05) is 0 Å². The molecule has 3 rings (SSSR count). The minimum Gasteiger partial charge on any atom is -0.497 e. The Kier molecular flexibility index (Phi) is 4.81. The number of hydrogen-bond donors (Lipinski definition) is 1. The molecule has 1 atom stereocenters. The average Bonchev–Trinajstić information content (AvgIpc) is 2.90. The molecule has 1 aliphatic heterocycles. The van der Waals surface area contributed by atoms with Crippen molar-refractivity contribution in [3.05, 3.63) is 47.5 Å². The Labute approximate surface area is 150 Å². The van der Waals surface area contributed by atoms with Gasteiger partial charge in [0.05, 0.1) is 26.3 Å². The molecular weight excluding hydrogens is 344 g/mol. The van der Waals surface area contributed by atoms with Gasteiger partial charge in [-0.15, -0.1) is 0 Å². The third kappa shape index (κ3) is 3.39. The van der Waals surface area contributed by atoms with Crippen LogP contribution in [0.3, 0.4) is 0 Å². The van der Waals surface area contributed by atoms with Crippen LogP contribution in [-0.4, -0.2) is 32.1 Å². The normalized spacial score (nSPS) is 16.9. The van der Waals surface area contributed by atoms with Gasteiger partial charge in [-0.25, -0.2) is 4.90 Å². The summed E-state index contributed by atoms with van der Waals surface area (Å²) in [4.78, 5) is 26.3. The zero-order valence-electron chi connectivity index (χ0n) is 13.8. The largest absolute Gasteiger partial charge is 0.497 e. The molecule has 0 aromatic heterocycles. The first-order chi connectivity index (χ1) is 12.0. The van der Waals surface area contributed by atoms with E-state index in [2.05, 4.69) is 5.32 Å². The maximum atomic E-state index is 12.7. The summed E-state index contributed by atoms with van der Waals surface area (Å²) in [6, 6.07) is 11.3. The van der Waals surface area contributed by atoms with Crippen molar-refractivity contribution in [1.29, 1.82) is 0 Å². The monoisotopic (exact) mass is 360 g/mol. The van der Waals surface area contributed by atoms with Gasteiger partial charge in [0.25, 0.3) is 5.91 Å². The second-order valence-corrected chi connectivity index (χ2v) is 5.95. The molecule has 2 amide bonds. The molecular formula is C18H17ClN2O4. The molecule has 130 valence electrons. The summed E-state index contributed by atoms with van der Waals surface area (Å²) in [5, 5.41) is 3.67. The SMILES string of the molecule is COc1ccc(N2C(=O)C[C@@H](Nc3ccc(Cl)cc3)C2=O)c(OC)c1. The number of nitrogens with zero attached hydrogens (tertiary/aromatic N) is 1. The van der Waals surface area contributed by atoms with Crippen LogP contribution >= 0.6 is 11.6 Å². The number of carbonyl (C=O) groups excluding carboxylic acids is 2. The summed E-state index contributed by atoms with van der Waals surface area (Å²) < 4.78 is 10.4. The molecule has 0 bridgehead atoms. The van der Waals surface area contributed by atoms with Gasteiger partial charge in [-0.2, -0.15) is 0 Å². The number of hydrogen-bond acceptors (Lipinski definition) is 5. The van der Waals surface area contributed by atoms with Gasteiger partial charge >= 0.3 is 0 Å². The van der Waals surface area contributed by atoms with E-state index in [0.29, 0.717) is 22.2 Å². The van der Waals surface area contributed by atoms with Crippen LogP contribution in [0.1, 0.15) is 6.42 Å². The third-order valence-corrected chi connectivity index (χ3v) is 4.21. The summed E-state index contributed by atoms with van der Waals surface area (Å²) in [6.07, 6.45) is 0.0661. The van der Waals surface area contributed by atoms with Gasteiger partial charge in [-0.1, -0.05) is 11.6 Å². The van der Waals surface area contributed by atoms with Crippen LogP contribution in [0.2, 0.25) is 5.02 Å². The van der Waals surface area contributed by atoms with E-state index in [0.717, 1.165) is 10.6 Å². The van der Waals surface area contributed by atoms with Gasteiger partial charge in [0.15, 0.2) is 0 Å². The minimum absolute atomic E-state index is 0.0661. The first-order valence-corrected chi connectivity index (χ1v) is 8.02. The van der Waals surface area contributed by atoms with Crippen molar-refractivity contribution < 1.29 is 19.1 Å². The molecule has 7 heteroatoms. The topological polar surface area (TPSA) is 67.9 Å². The van der Waals surface area contributed by atoms with Crippen LogP contribution < -0.4 is 19.7 Å². The molecule has 25 heavy (non-hydrogen) atoms. The number of halogens is 1. The Bertz CT molecular complexity index is 807. The Morgan fingerprint density at radius 3 is 2.44 bits per heavy atom. The van der Waals surface area contributed by atoms with E-state index in [1.165, 1.54) is 14.2 Å². The van der Waals surface area contributed by atoms with E-state index in [1.54, 1.807) is 42.5 Å². The van der Waals surface area contributed by atoms with Gasteiger partial charge in [0.1, 0.15) is 17.5 Å². The fourth-order valence-corrected chi connectivity index (χ4v) is 2.84. The molecule has 0 unspecified atom stereocenters. The highest BCUT2D eigenvalue weighted by Gasteiger charge is 2.40. The maximum Gasteiger partial charge on any atom is 0.256 e. The van der Waals surface area contributed by atoms with Crippen molar-refractivity contribution >= 4 is 34.8 Å². The van der Waals surface area contributed by atoms with Crippen molar-refractivity contribution in [2.75, 3.05) is 24.4 Å². The fourth-order valence-electron chi connectivity index (χ4n) is 2.71. The molecule has 1 fully saturated rings. The first kappa shape index (κ1) is 17.1. The van der Waals surface area contributed by atoms with E-state index < -0.39 is 6.04 Å². The van der Waals surface area contributed by atoms with Crippen molar-refractivity contribution in [1.82, 2.24) is 0 Å². The predicted molar refractivity (Wildman–Crippen MR) is 95.5 cm³/mol. The molecule has 2 aromatic carbocycles. The standard InChI is InChI=1S/C18H17ClN2O4/c1-24-13-7-8-15(16(9-13)25-2)21-17(22)10-14(18(21)23)20-12-5-3-11(19)4-6-12/h3-9,14,20H,10H2,1-2H3/t14-/m1/s1. The maximum absolute atomic E-state index is 12.7. The van der Waals surface area contributed by atoms with E-state index in [9.17, 15) is 9.59 Å². The van der Waals surface area contributed by atoms with Crippen molar-refractivity contribution in [2.24, 2.45) is 0 Å². The molecule has 1 saturated heterocycles. The van der Waals surface area contributed by atoms with Gasteiger partial charge in [0, 0.05) is 16.8 Å². The summed E-state index contributed by atoms with van der Waals surface area (Å²) >= 11 is 5.86. The lowest BCUT2D eigenvalue weighted by atomic mass is 10.2. The molecule has 1 aliphatic rings. The van der Waals surface area contributed by atoms with E-state index in [-0.39, 0.29) is 18.2 Å². The minimum atomic E-state index is -0.638. The molecule has 6 nitrogen and oxygen atoms in total. The fraction of sp³-hybridized carbons (Fsp3) is 0.222. The van der Waals surface area contributed by atoms with Gasteiger partial charge in [-0.05, 0) is 36.4 Å². The number of nitrogens with one attached hydrogen (secondary N) is 1. The molecule has 0 radical (unpaired) electrons. The average molecular weight is 361 g/mol. The van der Waals surface area contributed by atoms with E-state index in [4.69, 9.17) is 21.1 Å². The highest BCUT2D eigenvalue weighted by atomic mass is 35.5. The molecule has 2 aromatic rings. The second-order valence-electron chi connectivity index (χ2n) is 5.51. The van der Waals surface area contributed by atoms with Crippen molar-refractivity contribution in [3.8, 4) is 11.5 Å². The van der Waals surface area contributed by atoms with Crippen LogP contribution in [-0.2, 0) is 9.59 Å². The zero-order chi connectivity index (χ0) is 18.0. The van der Waals surface area contributed by atoms with Gasteiger partial charge in [-0.3, -0.25) is 9.59 Å². The van der Waals surface area contributed by atoms with E-state index >= 15 is 0 Å². The smallest absolute Gasteiger partial charge is 0.256 e.